The highest BCUT2D eigenvalue weighted by Gasteiger charge is 2.39. The molecule has 2 amide bonds. The summed E-state index contributed by atoms with van der Waals surface area (Å²) in [6.07, 6.45) is 0.00631. The Morgan fingerprint density at radius 1 is 1.03 bits per heavy atom. The Morgan fingerprint density at radius 2 is 1.74 bits per heavy atom. The average Bonchev–Trinajstić information content (AvgIpc) is 2.98. The van der Waals surface area contributed by atoms with E-state index in [9.17, 15) is 9.59 Å². The highest BCUT2D eigenvalue weighted by atomic mass is 35.5. The van der Waals surface area contributed by atoms with E-state index in [1.165, 1.54) is 4.90 Å². The number of amides is 2. The van der Waals surface area contributed by atoms with Crippen LogP contribution in [0.2, 0.25) is 5.02 Å². The minimum absolute atomic E-state index is 0.00631. The molecule has 2 aliphatic heterocycles. The molecule has 0 unspecified atom stereocenters. The second kappa shape index (κ2) is 8.99. The number of nitrogens with one attached hydrogen (secondary N) is 1. The van der Waals surface area contributed by atoms with Crippen LogP contribution in [-0.2, 0) is 14.3 Å². The van der Waals surface area contributed by atoms with Gasteiger partial charge in [-0.25, -0.2) is 0 Å². The zero-order valence-electron chi connectivity index (χ0n) is 17.3. The van der Waals surface area contributed by atoms with Gasteiger partial charge in [0.25, 0.3) is 11.8 Å². The Kier molecular flexibility index (Phi) is 6.15. The van der Waals surface area contributed by atoms with Crippen molar-refractivity contribution in [3.05, 3.63) is 58.7 Å². The Bertz CT molecular complexity index is 1030. The summed E-state index contributed by atoms with van der Waals surface area (Å²) in [6, 6.07) is 12.1. The second-order valence-electron chi connectivity index (χ2n) is 7.42. The Labute approximate surface area is 185 Å². The minimum Gasteiger partial charge on any atom is -0.486 e. The molecule has 0 fully saturated rings. The molecule has 0 saturated heterocycles. The van der Waals surface area contributed by atoms with Crippen LogP contribution in [0.25, 0.3) is 5.57 Å². The normalized spacial score (nSPS) is 15.8. The third-order valence-corrected chi connectivity index (χ3v) is 5.13. The standard InChI is InChI=1S/C23H23ClN2O5/c1-14(2)29-10-9-26-22(27)20(15-3-5-16(24)6-4-15)21(23(26)28)25-17-7-8-18-19(13-17)31-12-11-30-18/h3-8,13-14,25H,9-12H2,1-2H3. The van der Waals surface area contributed by atoms with Crippen molar-refractivity contribution >= 4 is 34.7 Å². The fourth-order valence-corrected chi connectivity index (χ4v) is 3.55. The zero-order chi connectivity index (χ0) is 22.0. The van der Waals surface area contributed by atoms with Crippen molar-refractivity contribution in [1.82, 2.24) is 4.90 Å². The number of hydrogen-bond donors (Lipinski definition) is 1. The molecule has 7 nitrogen and oxygen atoms in total. The lowest BCUT2D eigenvalue weighted by atomic mass is 10.0. The van der Waals surface area contributed by atoms with Gasteiger partial charge in [-0.2, -0.15) is 0 Å². The molecule has 0 saturated carbocycles. The van der Waals surface area contributed by atoms with Crippen LogP contribution >= 0.6 is 11.6 Å². The van der Waals surface area contributed by atoms with Crippen molar-refractivity contribution in [1.29, 1.82) is 0 Å². The Hall–Kier alpha value is -3.03. The summed E-state index contributed by atoms with van der Waals surface area (Å²) in [7, 11) is 0. The zero-order valence-corrected chi connectivity index (χ0v) is 18.1. The number of hydrogen-bond acceptors (Lipinski definition) is 6. The first-order chi connectivity index (χ1) is 14.9. The van der Waals surface area contributed by atoms with Crippen LogP contribution < -0.4 is 14.8 Å². The molecular formula is C23H23ClN2O5. The average molecular weight is 443 g/mol. The minimum atomic E-state index is -0.405. The number of carbonyl (C=O) groups is 2. The number of anilines is 1. The van der Waals surface area contributed by atoms with Gasteiger partial charge < -0.3 is 19.5 Å². The number of fused-ring (bicyclic) bond motifs is 1. The highest BCUT2D eigenvalue weighted by molar-refractivity contribution is 6.36. The van der Waals surface area contributed by atoms with E-state index < -0.39 is 5.91 Å². The summed E-state index contributed by atoms with van der Waals surface area (Å²) in [4.78, 5) is 27.6. The predicted octanol–water partition coefficient (Wildman–Crippen LogP) is 3.73. The second-order valence-corrected chi connectivity index (χ2v) is 7.86. The quantitative estimate of drug-likeness (QED) is 0.658. The van der Waals surface area contributed by atoms with E-state index in [2.05, 4.69) is 5.32 Å². The summed E-state index contributed by atoms with van der Waals surface area (Å²) in [5.41, 5.74) is 1.72. The number of carbonyl (C=O) groups excluding carboxylic acids is 2. The molecule has 2 heterocycles. The maximum Gasteiger partial charge on any atom is 0.278 e. The van der Waals surface area contributed by atoms with E-state index in [4.69, 9.17) is 25.8 Å². The fourth-order valence-electron chi connectivity index (χ4n) is 3.42. The fraction of sp³-hybridized carbons (Fsp3) is 0.304. The summed E-state index contributed by atoms with van der Waals surface area (Å²) in [6.45, 7) is 5.18. The third kappa shape index (κ3) is 4.52. The van der Waals surface area contributed by atoms with Crippen molar-refractivity contribution in [2.75, 3.05) is 31.7 Å². The topological polar surface area (TPSA) is 77.1 Å². The molecule has 162 valence electrons. The van der Waals surface area contributed by atoms with Gasteiger partial charge >= 0.3 is 0 Å². The van der Waals surface area contributed by atoms with E-state index in [1.807, 2.05) is 13.8 Å². The van der Waals surface area contributed by atoms with E-state index in [0.717, 1.165) is 0 Å². The molecule has 1 N–H and O–H groups in total. The van der Waals surface area contributed by atoms with Crippen molar-refractivity contribution in [2.45, 2.75) is 20.0 Å². The van der Waals surface area contributed by atoms with Crippen LogP contribution in [-0.4, -0.2) is 49.2 Å². The van der Waals surface area contributed by atoms with Gasteiger partial charge in [0.1, 0.15) is 18.9 Å². The number of halogens is 1. The van der Waals surface area contributed by atoms with E-state index >= 15 is 0 Å². The monoisotopic (exact) mass is 442 g/mol. The maximum atomic E-state index is 13.2. The first-order valence-electron chi connectivity index (χ1n) is 10.1. The molecule has 0 aliphatic carbocycles. The van der Waals surface area contributed by atoms with Crippen LogP contribution in [0, 0.1) is 0 Å². The maximum absolute atomic E-state index is 13.2. The lowest BCUT2D eigenvalue weighted by Crippen LogP contribution is -2.35. The largest absolute Gasteiger partial charge is 0.486 e. The van der Waals surface area contributed by atoms with Gasteiger partial charge in [0.2, 0.25) is 0 Å². The van der Waals surface area contributed by atoms with Crippen molar-refractivity contribution in [3.63, 3.8) is 0 Å². The number of nitrogens with zero attached hydrogens (tertiary/aromatic N) is 1. The van der Waals surface area contributed by atoms with Crippen molar-refractivity contribution in [3.8, 4) is 11.5 Å². The molecule has 8 heteroatoms. The number of ether oxygens (including phenoxy) is 3. The molecule has 2 aliphatic rings. The van der Waals surface area contributed by atoms with E-state index in [-0.39, 0.29) is 30.9 Å². The van der Waals surface area contributed by atoms with Crippen LogP contribution in [0.15, 0.2) is 48.2 Å². The lowest BCUT2D eigenvalue weighted by molar-refractivity contribution is -0.137. The molecule has 4 rings (SSSR count). The van der Waals surface area contributed by atoms with Gasteiger partial charge in [0.15, 0.2) is 11.5 Å². The molecule has 2 aromatic carbocycles. The molecule has 0 aromatic heterocycles. The summed E-state index contributed by atoms with van der Waals surface area (Å²) in [5, 5.41) is 3.67. The van der Waals surface area contributed by atoms with Gasteiger partial charge in [-0.1, -0.05) is 23.7 Å². The number of imide groups is 1. The van der Waals surface area contributed by atoms with Crippen LogP contribution in [0.5, 0.6) is 11.5 Å². The van der Waals surface area contributed by atoms with Crippen LogP contribution in [0.4, 0.5) is 5.69 Å². The van der Waals surface area contributed by atoms with Gasteiger partial charge in [-0.15, -0.1) is 0 Å². The molecule has 0 atom stereocenters. The number of rotatable bonds is 7. The smallest absolute Gasteiger partial charge is 0.278 e. The first kappa shape index (κ1) is 21.2. The van der Waals surface area contributed by atoms with Crippen molar-refractivity contribution in [2.24, 2.45) is 0 Å². The van der Waals surface area contributed by atoms with Gasteiger partial charge in [-0.05, 0) is 43.7 Å². The van der Waals surface area contributed by atoms with Crippen LogP contribution in [0.3, 0.4) is 0 Å². The summed E-state index contributed by atoms with van der Waals surface area (Å²) in [5.74, 6) is 0.450. The molecule has 0 radical (unpaired) electrons. The van der Waals surface area contributed by atoms with Crippen molar-refractivity contribution < 1.29 is 23.8 Å². The highest BCUT2D eigenvalue weighted by Crippen LogP contribution is 2.35. The Balaban J connectivity index is 1.66. The third-order valence-electron chi connectivity index (χ3n) is 4.88. The van der Waals surface area contributed by atoms with Gasteiger partial charge in [0.05, 0.1) is 24.8 Å². The molecular weight excluding hydrogens is 420 g/mol. The van der Waals surface area contributed by atoms with Gasteiger partial charge in [0, 0.05) is 16.8 Å². The van der Waals surface area contributed by atoms with E-state index in [0.29, 0.717) is 46.6 Å². The molecule has 2 aromatic rings. The van der Waals surface area contributed by atoms with Crippen LogP contribution in [0.1, 0.15) is 19.4 Å². The molecule has 0 bridgehead atoms. The lowest BCUT2D eigenvalue weighted by Gasteiger charge is -2.19. The predicted molar refractivity (Wildman–Crippen MR) is 117 cm³/mol. The summed E-state index contributed by atoms with van der Waals surface area (Å²) >= 11 is 6.01. The van der Waals surface area contributed by atoms with Gasteiger partial charge in [-0.3, -0.25) is 14.5 Å². The SMILES string of the molecule is CC(C)OCCN1C(=O)C(Nc2ccc3c(c2)OCCO3)=C(c2ccc(Cl)cc2)C1=O. The first-order valence-corrected chi connectivity index (χ1v) is 10.5. The Morgan fingerprint density at radius 3 is 2.45 bits per heavy atom. The van der Waals surface area contributed by atoms with E-state index in [1.54, 1.807) is 42.5 Å². The molecule has 0 spiro atoms. The molecule has 31 heavy (non-hydrogen) atoms. The number of benzene rings is 2. The summed E-state index contributed by atoms with van der Waals surface area (Å²) < 4.78 is 16.7.